The standard InChI is InChI=1S/C18H18BF6NO/c1-26(2)11-12-27-19(15-7-3-13(4-8-15)17(20,21)22)16-9-5-14(6-10-16)18(23,24)25/h3-10H,11-12H2,1-2H3. The minimum Gasteiger partial charge on any atom is -0.426 e. The highest BCUT2D eigenvalue weighted by Gasteiger charge is 2.32. The van der Waals surface area contributed by atoms with Crippen LogP contribution in [0.1, 0.15) is 11.1 Å². The van der Waals surface area contributed by atoms with Crippen molar-refractivity contribution in [1.82, 2.24) is 4.90 Å². The number of nitrogens with zero attached hydrogens (tertiary/aromatic N) is 1. The van der Waals surface area contributed by atoms with Crippen molar-refractivity contribution in [3.8, 4) is 0 Å². The summed E-state index contributed by atoms with van der Waals surface area (Å²) in [6.07, 6.45) is -8.93. The first-order valence-corrected chi connectivity index (χ1v) is 8.09. The summed E-state index contributed by atoms with van der Waals surface area (Å²) in [5.41, 5.74) is -0.737. The van der Waals surface area contributed by atoms with Crippen LogP contribution in [0.5, 0.6) is 0 Å². The molecule has 0 spiro atoms. The summed E-state index contributed by atoms with van der Waals surface area (Å²) in [5.74, 6) is 0. The molecule has 0 radical (unpaired) electrons. The molecule has 146 valence electrons. The van der Waals surface area contributed by atoms with Gasteiger partial charge >= 0.3 is 19.3 Å². The number of rotatable bonds is 6. The average molecular weight is 389 g/mol. The highest BCUT2D eigenvalue weighted by molar-refractivity contribution is 6.80. The second-order valence-corrected chi connectivity index (χ2v) is 6.29. The molecule has 0 bridgehead atoms. The van der Waals surface area contributed by atoms with Crippen LogP contribution in [0.25, 0.3) is 0 Å². The van der Waals surface area contributed by atoms with E-state index in [1.807, 2.05) is 19.0 Å². The van der Waals surface area contributed by atoms with Crippen molar-refractivity contribution in [2.24, 2.45) is 0 Å². The molecule has 0 unspecified atom stereocenters. The van der Waals surface area contributed by atoms with Crippen LogP contribution >= 0.6 is 0 Å². The fraction of sp³-hybridized carbons (Fsp3) is 0.333. The van der Waals surface area contributed by atoms with Gasteiger partial charge in [-0.1, -0.05) is 48.5 Å². The zero-order valence-corrected chi connectivity index (χ0v) is 14.7. The molecule has 0 aliphatic rings. The van der Waals surface area contributed by atoms with E-state index in [0.717, 1.165) is 24.3 Å². The van der Waals surface area contributed by atoms with E-state index < -0.39 is 30.4 Å². The topological polar surface area (TPSA) is 12.5 Å². The molecule has 9 heteroatoms. The second-order valence-electron chi connectivity index (χ2n) is 6.29. The Kier molecular flexibility index (Phi) is 6.59. The largest absolute Gasteiger partial charge is 0.426 e. The molecule has 2 aromatic rings. The van der Waals surface area contributed by atoms with Gasteiger partial charge in [-0.2, -0.15) is 26.3 Å². The minimum atomic E-state index is -4.46. The third-order valence-corrected chi connectivity index (χ3v) is 3.90. The van der Waals surface area contributed by atoms with Gasteiger partial charge in [-0.25, -0.2) is 0 Å². The smallest absolute Gasteiger partial charge is 0.416 e. The Balaban J connectivity index is 2.30. The van der Waals surface area contributed by atoms with Crippen molar-refractivity contribution in [2.75, 3.05) is 27.2 Å². The molecule has 0 amide bonds. The Morgan fingerprint density at radius 2 is 1.11 bits per heavy atom. The molecule has 2 aromatic carbocycles. The Hall–Kier alpha value is -2.00. The molecule has 2 rings (SSSR count). The summed E-state index contributed by atoms with van der Waals surface area (Å²) in [6, 6.07) is 8.84. The van der Waals surface area contributed by atoms with Gasteiger partial charge in [0, 0.05) is 13.2 Å². The van der Waals surface area contributed by atoms with E-state index in [-0.39, 0.29) is 6.61 Å². The van der Waals surface area contributed by atoms with Gasteiger partial charge in [0.05, 0.1) is 11.1 Å². The predicted molar refractivity (Wildman–Crippen MR) is 92.4 cm³/mol. The maximum atomic E-state index is 12.7. The fourth-order valence-electron chi connectivity index (χ4n) is 2.43. The number of benzene rings is 2. The third kappa shape index (κ3) is 6.00. The molecular weight excluding hydrogens is 371 g/mol. The van der Waals surface area contributed by atoms with E-state index in [0.29, 0.717) is 17.5 Å². The molecule has 0 aliphatic carbocycles. The molecule has 0 N–H and O–H groups in total. The lowest BCUT2D eigenvalue weighted by molar-refractivity contribution is -0.138. The van der Waals surface area contributed by atoms with Crippen LogP contribution < -0.4 is 10.9 Å². The van der Waals surface area contributed by atoms with E-state index in [1.165, 1.54) is 24.3 Å². The number of likely N-dealkylation sites (N-methyl/N-ethyl adjacent to an activating group) is 1. The SMILES string of the molecule is CN(C)CCOB(c1ccc(C(F)(F)F)cc1)c1ccc(C(F)(F)F)cc1. The molecule has 0 atom stereocenters. The van der Waals surface area contributed by atoms with Crippen LogP contribution in [0.2, 0.25) is 0 Å². The van der Waals surface area contributed by atoms with Crippen LogP contribution in [0.4, 0.5) is 26.3 Å². The van der Waals surface area contributed by atoms with Crippen LogP contribution in [-0.4, -0.2) is 39.1 Å². The van der Waals surface area contributed by atoms with Crippen LogP contribution in [0, 0.1) is 0 Å². The fourth-order valence-corrected chi connectivity index (χ4v) is 2.43. The average Bonchev–Trinajstić information content (AvgIpc) is 2.57. The van der Waals surface area contributed by atoms with Gasteiger partial charge in [-0.15, -0.1) is 0 Å². The van der Waals surface area contributed by atoms with Crippen molar-refractivity contribution >= 4 is 17.8 Å². The number of alkyl halides is 6. The van der Waals surface area contributed by atoms with Gasteiger partial charge in [0.15, 0.2) is 0 Å². The molecule has 0 saturated heterocycles. The molecule has 2 nitrogen and oxygen atoms in total. The Bertz CT molecular complexity index is 668. The Labute approximate surface area is 153 Å². The molecule has 0 saturated carbocycles. The Morgan fingerprint density at radius 3 is 1.41 bits per heavy atom. The number of hydrogen-bond donors (Lipinski definition) is 0. The van der Waals surface area contributed by atoms with Crippen LogP contribution in [-0.2, 0) is 17.0 Å². The summed E-state index contributed by atoms with van der Waals surface area (Å²) in [7, 11) is 3.66. The van der Waals surface area contributed by atoms with Crippen LogP contribution in [0.3, 0.4) is 0 Å². The van der Waals surface area contributed by atoms with Gasteiger partial charge in [0.25, 0.3) is 0 Å². The van der Waals surface area contributed by atoms with Crippen molar-refractivity contribution < 1.29 is 31.0 Å². The third-order valence-electron chi connectivity index (χ3n) is 3.90. The summed E-state index contributed by atoms with van der Waals surface area (Å²) in [4.78, 5) is 1.86. The lowest BCUT2D eigenvalue weighted by Gasteiger charge is -2.18. The van der Waals surface area contributed by atoms with E-state index in [9.17, 15) is 26.3 Å². The second kappa shape index (κ2) is 8.35. The molecule has 27 heavy (non-hydrogen) atoms. The first-order chi connectivity index (χ1) is 12.5. The van der Waals surface area contributed by atoms with E-state index in [1.54, 1.807) is 0 Å². The zero-order chi connectivity index (χ0) is 20.2. The van der Waals surface area contributed by atoms with Gasteiger partial charge < -0.3 is 9.55 Å². The summed E-state index contributed by atoms with van der Waals surface area (Å²) >= 11 is 0. The van der Waals surface area contributed by atoms with Gasteiger partial charge in [0.1, 0.15) is 0 Å². The summed E-state index contributed by atoms with van der Waals surface area (Å²) in [5, 5.41) is 0. The van der Waals surface area contributed by atoms with Gasteiger partial charge in [-0.05, 0) is 25.0 Å². The lowest BCUT2D eigenvalue weighted by Crippen LogP contribution is -2.46. The maximum absolute atomic E-state index is 12.7. The van der Waals surface area contributed by atoms with Gasteiger partial charge in [0.2, 0.25) is 0 Å². The van der Waals surface area contributed by atoms with Crippen LogP contribution in [0.15, 0.2) is 48.5 Å². The minimum absolute atomic E-state index is 0.264. The maximum Gasteiger partial charge on any atom is 0.416 e. The first kappa shape index (κ1) is 21.3. The van der Waals surface area contributed by atoms with Gasteiger partial charge in [-0.3, -0.25) is 0 Å². The van der Waals surface area contributed by atoms with E-state index in [4.69, 9.17) is 4.65 Å². The van der Waals surface area contributed by atoms with E-state index >= 15 is 0 Å². The summed E-state index contributed by atoms with van der Waals surface area (Å²) < 4.78 is 82.3. The predicted octanol–water partition coefficient (Wildman–Crippen LogP) is 3.41. The van der Waals surface area contributed by atoms with E-state index in [2.05, 4.69) is 0 Å². The number of hydrogen-bond acceptors (Lipinski definition) is 2. The highest BCUT2D eigenvalue weighted by atomic mass is 19.4. The highest BCUT2D eigenvalue weighted by Crippen LogP contribution is 2.29. The Morgan fingerprint density at radius 1 is 0.741 bits per heavy atom. The van der Waals surface area contributed by atoms with Crippen molar-refractivity contribution in [3.05, 3.63) is 59.7 Å². The molecule has 0 fully saturated rings. The van der Waals surface area contributed by atoms with Crippen molar-refractivity contribution in [1.29, 1.82) is 0 Å². The number of halogens is 6. The molecule has 0 aromatic heterocycles. The summed E-state index contributed by atoms with van der Waals surface area (Å²) in [6.45, 7) is 0.0480. The quantitative estimate of drug-likeness (QED) is 0.555. The lowest BCUT2D eigenvalue weighted by atomic mass is 9.55. The first-order valence-electron chi connectivity index (χ1n) is 8.09. The normalized spacial score (nSPS) is 12.5. The monoisotopic (exact) mass is 389 g/mol. The van der Waals surface area contributed by atoms with Crippen molar-refractivity contribution in [2.45, 2.75) is 12.4 Å². The molecular formula is C18H18BF6NO. The van der Waals surface area contributed by atoms with Crippen molar-refractivity contribution in [3.63, 3.8) is 0 Å². The molecule has 0 heterocycles. The zero-order valence-electron chi connectivity index (χ0n) is 14.7. The molecule has 0 aliphatic heterocycles.